The zero-order valence-electron chi connectivity index (χ0n) is 21.8. The minimum atomic E-state index is -0.537. The van der Waals surface area contributed by atoms with Gasteiger partial charge < -0.3 is 19.5 Å². The number of aryl methyl sites for hydroxylation is 1. The van der Waals surface area contributed by atoms with E-state index in [1.165, 1.54) is 0 Å². The Morgan fingerprint density at radius 3 is 2.72 bits per heavy atom. The fourth-order valence-corrected chi connectivity index (χ4v) is 5.33. The van der Waals surface area contributed by atoms with Gasteiger partial charge in [0.15, 0.2) is 0 Å². The first-order valence-corrected chi connectivity index (χ1v) is 12.6. The summed E-state index contributed by atoms with van der Waals surface area (Å²) < 4.78 is 8.30. The average molecular weight is 486 g/mol. The Balaban J connectivity index is 1.71. The number of carbonyl (C=O) groups excluding carboxylic acids is 1. The molecule has 0 saturated carbocycles. The lowest BCUT2D eigenvalue weighted by Crippen LogP contribution is -2.39. The molecule has 1 fully saturated rings. The van der Waals surface area contributed by atoms with E-state index in [9.17, 15) is 10.1 Å². The number of amides is 1. The van der Waals surface area contributed by atoms with Crippen molar-refractivity contribution in [1.29, 1.82) is 5.26 Å². The minimum absolute atomic E-state index is 0.164. The van der Waals surface area contributed by atoms with E-state index in [4.69, 9.17) is 4.74 Å². The van der Waals surface area contributed by atoms with Crippen LogP contribution in [0.25, 0.3) is 0 Å². The van der Waals surface area contributed by atoms with Gasteiger partial charge in [-0.05, 0) is 68.1 Å². The molecule has 1 aromatic heterocycles. The number of nitrogens with zero attached hydrogens (tertiary/aromatic N) is 4. The van der Waals surface area contributed by atoms with Crippen LogP contribution in [-0.4, -0.2) is 41.0 Å². The number of imidazole rings is 1. The topological polar surface area (TPSA) is 83.2 Å². The zero-order valence-corrected chi connectivity index (χ0v) is 21.8. The summed E-state index contributed by atoms with van der Waals surface area (Å²) in [5, 5.41) is 13.2. The van der Waals surface area contributed by atoms with Crippen molar-refractivity contribution in [2.75, 3.05) is 20.6 Å². The van der Waals surface area contributed by atoms with Gasteiger partial charge in [0.05, 0.1) is 35.2 Å². The summed E-state index contributed by atoms with van der Waals surface area (Å²) in [5.74, 6) is 1.36. The number of rotatable bonds is 7. The minimum Gasteiger partial charge on any atom is -0.456 e. The molecule has 2 aromatic carbocycles. The molecule has 1 N–H and O–H groups in total. The third-order valence-corrected chi connectivity index (χ3v) is 7.66. The Hall–Kier alpha value is -3.63. The lowest BCUT2D eigenvalue weighted by molar-refractivity contribution is -0.131. The Morgan fingerprint density at radius 1 is 1.25 bits per heavy atom. The van der Waals surface area contributed by atoms with Crippen LogP contribution in [0.4, 0.5) is 0 Å². The Bertz CT molecular complexity index is 1280. The Labute approximate surface area is 213 Å². The number of carbonyl (C=O) groups is 1. The fourth-order valence-electron chi connectivity index (χ4n) is 5.33. The van der Waals surface area contributed by atoms with Crippen LogP contribution >= 0.6 is 0 Å². The molecule has 1 saturated heterocycles. The molecule has 3 aromatic rings. The maximum Gasteiger partial charge on any atom is 0.230 e. The summed E-state index contributed by atoms with van der Waals surface area (Å²) in [6.45, 7) is 5.03. The van der Waals surface area contributed by atoms with Crippen LogP contribution in [0.15, 0.2) is 55.0 Å². The number of nitrogens with one attached hydrogen (secondary N) is 1. The molecule has 1 aliphatic rings. The van der Waals surface area contributed by atoms with E-state index in [2.05, 4.69) is 30.2 Å². The van der Waals surface area contributed by atoms with Crippen LogP contribution in [-0.2, 0) is 17.4 Å². The highest BCUT2D eigenvalue weighted by Gasteiger charge is 2.34. The van der Waals surface area contributed by atoms with Crippen LogP contribution in [0.5, 0.6) is 11.5 Å². The van der Waals surface area contributed by atoms with Crippen molar-refractivity contribution >= 4 is 5.91 Å². The first-order chi connectivity index (χ1) is 17.3. The quantitative estimate of drug-likeness (QED) is 0.513. The number of aromatic nitrogens is 2. The molecule has 1 amide bonds. The molecule has 4 rings (SSSR count). The van der Waals surface area contributed by atoms with Gasteiger partial charge in [0, 0.05) is 20.6 Å². The van der Waals surface area contributed by atoms with Gasteiger partial charge in [-0.2, -0.15) is 5.26 Å². The highest BCUT2D eigenvalue weighted by molar-refractivity contribution is 5.84. The molecule has 188 valence electrons. The molecule has 0 aliphatic carbocycles. The number of hydrogen-bond donors (Lipinski definition) is 1. The van der Waals surface area contributed by atoms with Crippen LogP contribution in [0.3, 0.4) is 0 Å². The molecule has 3 unspecified atom stereocenters. The van der Waals surface area contributed by atoms with Crippen molar-refractivity contribution in [2.45, 2.75) is 44.6 Å². The molecule has 3 atom stereocenters. The van der Waals surface area contributed by atoms with Gasteiger partial charge in [-0.25, -0.2) is 4.98 Å². The number of likely N-dealkylation sites (tertiary alicyclic amines) is 1. The molecule has 36 heavy (non-hydrogen) atoms. The molecule has 7 heteroatoms. The van der Waals surface area contributed by atoms with Gasteiger partial charge in [-0.1, -0.05) is 31.5 Å². The zero-order chi connectivity index (χ0) is 25.9. The van der Waals surface area contributed by atoms with E-state index < -0.39 is 5.54 Å². The number of benzene rings is 2. The number of likely N-dealkylation sites (N-methyl/N-ethyl adjacent to an activating group) is 1. The number of nitriles is 1. The van der Waals surface area contributed by atoms with Crippen molar-refractivity contribution in [3.8, 4) is 17.6 Å². The lowest BCUT2D eigenvalue weighted by Gasteiger charge is -2.30. The first-order valence-electron chi connectivity index (χ1n) is 12.6. The van der Waals surface area contributed by atoms with Gasteiger partial charge in [0.25, 0.3) is 0 Å². The van der Waals surface area contributed by atoms with E-state index >= 15 is 0 Å². The van der Waals surface area contributed by atoms with Gasteiger partial charge in [-0.15, -0.1) is 0 Å². The highest BCUT2D eigenvalue weighted by atomic mass is 16.5. The van der Waals surface area contributed by atoms with Gasteiger partial charge >= 0.3 is 0 Å². The predicted octanol–water partition coefficient (Wildman–Crippen LogP) is 4.93. The van der Waals surface area contributed by atoms with Gasteiger partial charge in [0.2, 0.25) is 5.91 Å². The molecular formula is C29H35N5O2. The van der Waals surface area contributed by atoms with Crippen molar-refractivity contribution in [3.05, 3.63) is 77.4 Å². The summed E-state index contributed by atoms with van der Waals surface area (Å²) in [7, 11) is 5.75. The number of ether oxygens (including phenoxy) is 1. The smallest absolute Gasteiger partial charge is 0.230 e. The standard InChI is InChI=1S/C29H35N5O2/c1-6-20-10-8-14-33(4)28(35)27(20)21-9-7-11-24(15-21)36-25-16-23(13-12-22(25)17-30)29(2,31-3)26-18-32-19-34(26)5/h7,9,11-13,15-16,18-20,27,31H,6,8,10,14H2,1-5H3. The maximum atomic E-state index is 13.2. The normalized spacial score (nSPS) is 19.9. The number of hydrogen-bond acceptors (Lipinski definition) is 5. The van der Waals surface area contributed by atoms with Crippen LogP contribution in [0, 0.1) is 17.2 Å². The van der Waals surface area contributed by atoms with Crippen LogP contribution < -0.4 is 10.1 Å². The maximum absolute atomic E-state index is 13.2. The molecule has 7 nitrogen and oxygen atoms in total. The second-order valence-electron chi connectivity index (χ2n) is 9.81. The fraction of sp³-hybridized carbons (Fsp3) is 0.414. The summed E-state index contributed by atoms with van der Waals surface area (Å²) in [5.41, 5.74) is 2.81. The molecule has 2 heterocycles. The Kier molecular flexibility index (Phi) is 7.46. The van der Waals surface area contributed by atoms with E-state index in [-0.39, 0.29) is 11.8 Å². The van der Waals surface area contributed by atoms with E-state index in [1.807, 2.05) is 73.2 Å². The van der Waals surface area contributed by atoms with Crippen molar-refractivity contribution in [3.63, 3.8) is 0 Å². The van der Waals surface area contributed by atoms with E-state index in [1.54, 1.807) is 12.4 Å². The lowest BCUT2D eigenvalue weighted by atomic mass is 9.81. The molecule has 0 bridgehead atoms. The highest BCUT2D eigenvalue weighted by Crippen LogP contribution is 2.38. The van der Waals surface area contributed by atoms with Gasteiger partial charge in [-0.3, -0.25) is 4.79 Å². The monoisotopic (exact) mass is 485 g/mol. The van der Waals surface area contributed by atoms with E-state index in [0.29, 0.717) is 23.0 Å². The van der Waals surface area contributed by atoms with Crippen molar-refractivity contribution < 1.29 is 9.53 Å². The third kappa shape index (κ3) is 4.74. The molecular weight excluding hydrogens is 450 g/mol. The summed E-state index contributed by atoms with van der Waals surface area (Å²) in [6, 6.07) is 15.7. The first kappa shape index (κ1) is 25.5. The molecule has 1 aliphatic heterocycles. The summed E-state index contributed by atoms with van der Waals surface area (Å²) in [6.07, 6.45) is 6.61. The van der Waals surface area contributed by atoms with Crippen molar-refractivity contribution in [1.82, 2.24) is 19.8 Å². The van der Waals surface area contributed by atoms with Crippen LogP contribution in [0.2, 0.25) is 0 Å². The second kappa shape index (κ2) is 10.5. The molecule has 0 spiro atoms. The second-order valence-corrected chi connectivity index (χ2v) is 9.81. The van der Waals surface area contributed by atoms with E-state index in [0.717, 1.165) is 42.6 Å². The summed E-state index contributed by atoms with van der Waals surface area (Å²) >= 11 is 0. The van der Waals surface area contributed by atoms with Gasteiger partial charge in [0.1, 0.15) is 17.6 Å². The third-order valence-electron chi connectivity index (χ3n) is 7.66. The van der Waals surface area contributed by atoms with Crippen molar-refractivity contribution in [2.24, 2.45) is 13.0 Å². The largest absolute Gasteiger partial charge is 0.456 e. The SMILES string of the molecule is CCC1CCCN(C)C(=O)C1c1cccc(Oc2cc(C(C)(NC)c3cncn3C)ccc2C#N)c1. The molecule has 0 radical (unpaired) electrons. The van der Waals surface area contributed by atoms with Crippen LogP contribution in [0.1, 0.15) is 61.4 Å². The Morgan fingerprint density at radius 2 is 2.06 bits per heavy atom. The average Bonchev–Trinajstić information content (AvgIpc) is 3.27. The summed E-state index contributed by atoms with van der Waals surface area (Å²) in [4.78, 5) is 19.4. The predicted molar refractivity (Wildman–Crippen MR) is 140 cm³/mol.